The highest BCUT2D eigenvalue weighted by Gasteiger charge is 2.34. The Labute approximate surface area is 165 Å². The van der Waals surface area contributed by atoms with E-state index in [1.807, 2.05) is 11.6 Å². The van der Waals surface area contributed by atoms with Crippen molar-refractivity contribution in [3.05, 3.63) is 60.0 Å². The van der Waals surface area contributed by atoms with Gasteiger partial charge in [0, 0.05) is 12.0 Å². The Morgan fingerprint density at radius 2 is 1.83 bits per heavy atom. The van der Waals surface area contributed by atoms with Crippen LogP contribution in [0.4, 0.5) is 18.9 Å². The first kappa shape index (κ1) is 20.8. The van der Waals surface area contributed by atoms with E-state index in [-0.39, 0.29) is 10.8 Å². The molecule has 3 rings (SSSR count). The number of alkyl halides is 3. The Morgan fingerprint density at radius 3 is 2.55 bits per heavy atom. The molecule has 0 amide bonds. The van der Waals surface area contributed by atoms with E-state index in [4.69, 9.17) is 4.42 Å². The number of nitrogens with zero attached hydrogens (tertiary/aromatic N) is 2. The number of benzene rings is 2. The number of anilines is 1. The lowest BCUT2D eigenvalue weighted by Gasteiger charge is -2.14. The lowest BCUT2D eigenvalue weighted by molar-refractivity contribution is -0.136. The molecule has 1 N–H and O–H groups in total. The fourth-order valence-corrected chi connectivity index (χ4v) is 3.74. The average molecular weight is 425 g/mol. The van der Waals surface area contributed by atoms with Crippen molar-refractivity contribution < 1.29 is 26.0 Å². The minimum Gasteiger partial charge on any atom is -0.421 e. The zero-order valence-corrected chi connectivity index (χ0v) is 16.2. The third kappa shape index (κ3) is 4.94. The SMILES string of the molecule is CCCCc1nnc(-c2cccc(S(=O)(=O)Nc3ccccc3C(F)(F)F)c2)o1. The number of aryl methyl sites for hydroxylation is 1. The molecule has 29 heavy (non-hydrogen) atoms. The van der Waals surface area contributed by atoms with Crippen molar-refractivity contribution in [1.82, 2.24) is 10.2 Å². The molecule has 0 radical (unpaired) electrons. The van der Waals surface area contributed by atoms with Crippen molar-refractivity contribution >= 4 is 15.7 Å². The molecule has 6 nitrogen and oxygen atoms in total. The summed E-state index contributed by atoms with van der Waals surface area (Å²) in [6.45, 7) is 2.02. The smallest absolute Gasteiger partial charge is 0.418 e. The molecule has 0 aliphatic rings. The van der Waals surface area contributed by atoms with Gasteiger partial charge in [0.2, 0.25) is 11.8 Å². The van der Waals surface area contributed by atoms with Gasteiger partial charge in [-0.2, -0.15) is 13.2 Å². The molecule has 10 heteroatoms. The maximum Gasteiger partial charge on any atom is 0.418 e. The van der Waals surface area contributed by atoms with Gasteiger partial charge < -0.3 is 4.42 Å². The number of hydrogen-bond donors (Lipinski definition) is 1. The molecular weight excluding hydrogens is 407 g/mol. The van der Waals surface area contributed by atoms with Gasteiger partial charge in [0.15, 0.2) is 0 Å². The van der Waals surface area contributed by atoms with Gasteiger partial charge in [-0.1, -0.05) is 31.5 Å². The standard InChI is InChI=1S/C19H18F3N3O3S/c1-2-3-11-17-23-24-18(28-17)13-7-6-8-14(12-13)29(26,27)25-16-10-5-4-9-15(16)19(20,21)22/h4-10,12,25H,2-3,11H2,1H3. The summed E-state index contributed by atoms with van der Waals surface area (Å²) < 4.78 is 72.3. The van der Waals surface area contributed by atoms with Crippen molar-refractivity contribution in [2.24, 2.45) is 0 Å². The molecular formula is C19H18F3N3O3S. The Kier molecular flexibility index (Phi) is 5.92. The highest BCUT2D eigenvalue weighted by atomic mass is 32.2. The van der Waals surface area contributed by atoms with Crippen LogP contribution < -0.4 is 4.72 Å². The van der Waals surface area contributed by atoms with Crippen LogP contribution >= 0.6 is 0 Å². The lowest BCUT2D eigenvalue weighted by atomic mass is 10.2. The molecule has 3 aromatic rings. The van der Waals surface area contributed by atoms with Gasteiger partial charge in [0.05, 0.1) is 16.1 Å². The molecule has 0 aliphatic carbocycles. The number of unbranched alkanes of at least 4 members (excludes halogenated alkanes) is 1. The van der Waals surface area contributed by atoms with Gasteiger partial charge in [0.25, 0.3) is 10.0 Å². The van der Waals surface area contributed by atoms with Gasteiger partial charge in [-0.15, -0.1) is 10.2 Å². The normalized spacial score (nSPS) is 12.1. The number of sulfonamides is 1. The van der Waals surface area contributed by atoms with E-state index in [0.29, 0.717) is 17.9 Å². The van der Waals surface area contributed by atoms with Gasteiger partial charge in [-0.25, -0.2) is 8.42 Å². The molecule has 0 unspecified atom stereocenters. The number of aromatic nitrogens is 2. The van der Waals surface area contributed by atoms with Crippen molar-refractivity contribution in [3.63, 3.8) is 0 Å². The topological polar surface area (TPSA) is 85.1 Å². The summed E-state index contributed by atoms with van der Waals surface area (Å²) in [4.78, 5) is -0.222. The zero-order valence-electron chi connectivity index (χ0n) is 15.4. The van der Waals surface area contributed by atoms with Crippen molar-refractivity contribution in [3.8, 4) is 11.5 Å². The summed E-state index contributed by atoms with van der Waals surface area (Å²) in [5.41, 5.74) is -1.27. The number of para-hydroxylation sites is 1. The first-order chi connectivity index (χ1) is 13.7. The van der Waals surface area contributed by atoms with Crippen LogP contribution in [0.5, 0.6) is 0 Å². The van der Waals surface area contributed by atoms with E-state index in [9.17, 15) is 21.6 Å². The largest absolute Gasteiger partial charge is 0.421 e. The minimum absolute atomic E-state index is 0.142. The Bertz CT molecular complexity index is 1100. The highest BCUT2D eigenvalue weighted by Crippen LogP contribution is 2.35. The van der Waals surface area contributed by atoms with Crippen LogP contribution in [-0.4, -0.2) is 18.6 Å². The number of nitrogens with one attached hydrogen (secondary N) is 1. The van der Waals surface area contributed by atoms with Crippen molar-refractivity contribution in [2.45, 2.75) is 37.3 Å². The number of rotatable bonds is 7. The molecule has 2 aromatic carbocycles. The third-order valence-corrected chi connectivity index (χ3v) is 5.44. The van der Waals surface area contributed by atoms with Gasteiger partial charge in [-0.05, 0) is 36.8 Å². The fourth-order valence-electron chi connectivity index (χ4n) is 2.62. The van der Waals surface area contributed by atoms with Crippen LogP contribution in [0.2, 0.25) is 0 Å². The van der Waals surface area contributed by atoms with E-state index in [2.05, 4.69) is 10.2 Å². The predicted octanol–water partition coefficient (Wildman–Crippen LogP) is 4.90. The number of hydrogen-bond acceptors (Lipinski definition) is 5. The monoisotopic (exact) mass is 425 g/mol. The maximum atomic E-state index is 13.1. The van der Waals surface area contributed by atoms with Crippen LogP contribution in [0, 0.1) is 0 Å². The zero-order chi connectivity index (χ0) is 21.1. The van der Waals surface area contributed by atoms with Crippen LogP contribution in [0.15, 0.2) is 57.8 Å². The minimum atomic E-state index is -4.69. The van der Waals surface area contributed by atoms with Gasteiger partial charge >= 0.3 is 6.18 Å². The summed E-state index contributed by atoms with van der Waals surface area (Å²) in [5, 5.41) is 7.83. The van der Waals surface area contributed by atoms with Crippen molar-refractivity contribution in [2.75, 3.05) is 4.72 Å². The third-order valence-electron chi connectivity index (χ3n) is 4.08. The molecule has 0 fully saturated rings. The van der Waals surface area contributed by atoms with Crippen molar-refractivity contribution in [1.29, 1.82) is 0 Å². The predicted molar refractivity (Wildman–Crippen MR) is 101 cm³/mol. The summed E-state index contributed by atoms with van der Waals surface area (Å²) in [6, 6.07) is 9.96. The Balaban J connectivity index is 1.89. The van der Waals surface area contributed by atoms with Crippen LogP contribution in [0.1, 0.15) is 31.2 Å². The molecule has 0 spiro atoms. The molecule has 1 aromatic heterocycles. The molecule has 0 bridgehead atoms. The van der Waals surface area contributed by atoms with Gasteiger partial charge in [0.1, 0.15) is 0 Å². The Morgan fingerprint density at radius 1 is 1.07 bits per heavy atom. The molecule has 0 aliphatic heterocycles. The molecule has 0 saturated heterocycles. The van der Waals surface area contributed by atoms with Gasteiger partial charge in [-0.3, -0.25) is 4.72 Å². The summed E-state index contributed by atoms with van der Waals surface area (Å²) in [5.74, 6) is 0.580. The first-order valence-corrected chi connectivity index (χ1v) is 10.3. The molecule has 0 saturated carbocycles. The summed E-state index contributed by atoms with van der Waals surface area (Å²) in [7, 11) is -4.27. The summed E-state index contributed by atoms with van der Waals surface area (Å²) in [6.07, 6.45) is -2.26. The number of halogens is 3. The quantitative estimate of drug-likeness (QED) is 0.582. The van der Waals surface area contributed by atoms with Crippen LogP contribution in [0.25, 0.3) is 11.5 Å². The summed E-state index contributed by atoms with van der Waals surface area (Å²) >= 11 is 0. The molecule has 0 atom stereocenters. The second kappa shape index (κ2) is 8.24. The highest BCUT2D eigenvalue weighted by molar-refractivity contribution is 7.92. The van der Waals surface area contributed by atoms with E-state index in [1.54, 1.807) is 6.07 Å². The lowest BCUT2D eigenvalue weighted by Crippen LogP contribution is -2.17. The van der Waals surface area contributed by atoms with E-state index in [1.165, 1.54) is 30.3 Å². The second-order valence-electron chi connectivity index (χ2n) is 6.28. The molecule has 1 heterocycles. The Hall–Kier alpha value is -2.88. The molecule has 154 valence electrons. The second-order valence-corrected chi connectivity index (χ2v) is 7.96. The maximum absolute atomic E-state index is 13.1. The van der Waals surface area contributed by atoms with E-state index in [0.717, 1.165) is 25.0 Å². The average Bonchev–Trinajstić information content (AvgIpc) is 3.15. The van der Waals surface area contributed by atoms with E-state index >= 15 is 0 Å². The fraction of sp³-hybridized carbons (Fsp3) is 0.263. The van der Waals surface area contributed by atoms with Crippen LogP contribution in [-0.2, 0) is 22.6 Å². The van der Waals surface area contributed by atoms with Crippen LogP contribution in [0.3, 0.4) is 0 Å². The first-order valence-electron chi connectivity index (χ1n) is 8.82. The van der Waals surface area contributed by atoms with E-state index < -0.39 is 27.5 Å².